The largest absolute Gasteiger partial charge is 0.468 e. The molecule has 0 N–H and O–H groups in total. The minimum Gasteiger partial charge on any atom is -0.468 e. The van der Waals surface area contributed by atoms with E-state index in [1.807, 2.05) is 0 Å². The molecular formula is C11H20N2O2. The van der Waals surface area contributed by atoms with Crippen LogP contribution in [0, 0.1) is 11.8 Å². The monoisotopic (exact) mass is 212 g/mol. The van der Waals surface area contributed by atoms with Crippen LogP contribution in [-0.2, 0) is 9.53 Å². The Morgan fingerprint density at radius 1 is 1.33 bits per heavy atom. The van der Waals surface area contributed by atoms with Gasteiger partial charge in [0.1, 0.15) is 0 Å². The Balaban J connectivity index is 1.85. The lowest BCUT2D eigenvalue weighted by Gasteiger charge is -2.31. The van der Waals surface area contributed by atoms with Crippen molar-refractivity contribution in [1.82, 2.24) is 9.80 Å². The van der Waals surface area contributed by atoms with Gasteiger partial charge in [0.05, 0.1) is 13.7 Å². The third-order valence-electron chi connectivity index (χ3n) is 3.66. The fourth-order valence-electron chi connectivity index (χ4n) is 2.82. The first-order valence-electron chi connectivity index (χ1n) is 5.66. The molecule has 86 valence electrons. The van der Waals surface area contributed by atoms with Crippen LogP contribution < -0.4 is 0 Å². The summed E-state index contributed by atoms with van der Waals surface area (Å²) in [6.45, 7) is 4.99. The Bertz CT molecular complexity index is 245. The Kier molecular flexibility index (Phi) is 3.26. The fourth-order valence-corrected chi connectivity index (χ4v) is 2.82. The maximum Gasteiger partial charge on any atom is 0.319 e. The second-order valence-electron chi connectivity index (χ2n) is 4.84. The summed E-state index contributed by atoms with van der Waals surface area (Å²) in [4.78, 5) is 15.8. The minimum absolute atomic E-state index is 0.109. The van der Waals surface area contributed by atoms with Gasteiger partial charge >= 0.3 is 5.97 Å². The minimum atomic E-state index is -0.109. The lowest BCUT2D eigenvalue weighted by molar-refractivity contribution is -0.141. The Morgan fingerprint density at radius 2 is 2.07 bits per heavy atom. The van der Waals surface area contributed by atoms with E-state index in [9.17, 15) is 4.79 Å². The number of carbonyl (C=O) groups is 1. The molecular weight excluding hydrogens is 192 g/mol. The highest BCUT2D eigenvalue weighted by atomic mass is 16.5. The molecule has 2 aliphatic heterocycles. The zero-order valence-electron chi connectivity index (χ0n) is 9.61. The number of likely N-dealkylation sites (tertiary alicyclic amines) is 2. The van der Waals surface area contributed by atoms with Gasteiger partial charge in [0.25, 0.3) is 0 Å². The van der Waals surface area contributed by atoms with Crippen LogP contribution in [0.25, 0.3) is 0 Å². The SMILES string of the molecule is COC(=O)CN1CC2CCN(C)CC2C1. The van der Waals surface area contributed by atoms with Crippen molar-refractivity contribution >= 4 is 5.97 Å². The summed E-state index contributed by atoms with van der Waals surface area (Å²) in [6, 6.07) is 0. The second kappa shape index (κ2) is 4.49. The van der Waals surface area contributed by atoms with Gasteiger partial charge in [-0.25, -0.2) is 0 Å². The molecule has 0 bridgehead atoms. The highest BCUT2D eigenvalue weighted by Crippen LogP contribution is 2.30. The van der Waals surface area contributed by atoms with Gasteiger partial charge in [0.2, 0.25) is 0 Å². The standard InChI is InChI=1S/C11H20N2O2/c1-12-4-3-9-6-13(7-10(9)5-12)8-11(14)15-2/h9-10H,3-8H2,1-2H3. The Morgan fingerprint density at radius 3 is 2.80 bits per heavy atom. The number of hydrogen-bond donors (Lipinski definition) is 0. The number of fused-ring (bicyclic) bond motifs is 1. The van der Waals surface area contributed by atoms with Crippen LogP contribution in [0.5, 0.6) is 0 Å². The Hall–Kier alpha value is -0.610. The van der Waals surface area contributed by atoms with E-state index >= 15 is 0 Å². The summed E-state index contributed by atoms with van der Waals surface area (Å²) in [6.07, 6.45) is 1.28. The van der Waals surface area contributed by atoms with Gasteiger partial charge in [-0.05, 0) is 31.8 Å². The van der Waals surface area contributed by atoms with Crippen LogP contribution in [0.3, 0.4) is 0 Å². The maximum atomic E-state index is 11.2. The van der Waals surface area contributed by atoms with E-state index in [1.54, 1.807) is 0 Å². The number of hydrogen-bond acceptors (Lipinski definition) is 4. The lowest BCUT2D eigenvalue weighted by Crippen LogP contribution is -2.37. The smallest absolute Gasteiger partial charge is 0.319 e. The van der Waals surface area contributed by atoms with Gasteiger partial charge in [0.15, 0.2) is 0 Å². The number of ether oxygens (including phenoxy) is 1. The summed E-state index contributed by atoms with van der Waals surface area (Å²) < 4.78 is 4.70. The highest BCUT2D eigenvalue weighted by molar-refractivity contribution is 5.71. The molecule has 4 heteroatoms. The number of nitrogens with zero attached hydrogens (tertiary/aromatic N) is 2. The normalized spacial score (nSPS) is 32.7. The third-order valence-corrected chi connectivity index (χ3v) is 3.66. The molecule has 0 aromatic carbocycles. The predicted molar refractivity (Wildman–Crippen MR) is 57.6 cm³/mol. The van der Waals surface area contributed by atoms with E-state index in [1.165, 1.54) is 26.6 Å². The van der Waals surface area contributed by atoms with E-state index in [2.05, 4.69) is 16.8 Å². The molecule has 0 spiro atoms. The van der Waals surface area contributed by atoms with Crippen molar-refractivity contribution in [2.75, 3.05) is 46.9 Å². The summed E-state index contributed by atoms with van der Waals surface area (Å²) in [5.74, 6) is 1.45. The van der Waals surface area contributed by atoms with Gasteiger partial charge in [-0.1, -0.05) is 0 Å². The number of rotatable bonds is 2. The molecule has 2 unspecified atom stereocenters. The molecule has 0 radical (unpaired) electrons. The first-order valence-corrected chi connectivity index (χ1v) is 5.66. The molecule has 2 fully saturated rings. The average molecular weight is 212 g/mol. The topological polar surface area (TPSA) is 32.8 Å². The summed E-state index contributed by atoms with van der Waals surface area (Å²) >= 11 is 0. The summed E-state index contributed by atoms with van der Waals surface area (Å²) in [5, 5.41) is 0. The molecule has 4 nitrogen and oxygen atoms in total. The van der Waals surface area contributed by atoms with Gasteiger partial charge in [0, 0.05) is 19.6 Å². The molecule has 0 aromatic rings. The van der Waals surface area contributed by atoms with E-state index in [4.69, 9.17) is 4.74 Å². The zero-order valence-corrected chi connectivity index (χ0v) is 9.61. The number of methoxy groups -OCH3 is 1. The maximum absolute atomic E-state index is 11.2. The molecule has 0 aromatic heterocycles. The molecule has 2 saturated heterocycles. The number of piperidine rings is 1. The molecule has 2 atom stereocenters. The van der Waals surface area contributed by atoms with Crippen molar-refractivity contribution in [1.29, 1.82) is 0 Å². The average Bonchev–Trinajstić information content (AvgIpc) is 2.59. The van der Waals surface area contributed by atoms with E-state index < -0.39 is 0 Å². The number of carbonyl (C=O) groups excluding carboxylic acids is 1. The van der Waals surface area contributed by atoms with Crippen LogP contribution >= 0.6 is 0 Å². The lowest BCUT2D eigenvalue weighted by atomic mass is 9.89. The van der Waals surface area contributed by atoms with E-state index in [0.717, 1.165) is 24.9 Å². The van der Waals surface area contributed by atoms with Gasteiger partial charge < -0.3 is 9.64 Å². The van der Waals surface area contributed by atoms with Crippen LogP contribution in [0.1, 0.15) is 6.42 Å². The second-order valence-corrected chi connectivity index (χ2v) is 4.84. The van der Waals surface area contributed by atoms with Crippen LogP contribution in [0.2, 0.25) is 0 Å². The summed E-state index contributed by atoms with van der Waals surface area (Å²) in [7, 11) is 3.64. The van der Waals surface area contributed by atoms with Crippen molar-refractivity contribution in [3.05, 3.63) is 0 Å². The van der Waals surface area contributed by atoms with Crippen LogP contribution in [0.15, 0.2) is 0 Å². The van der Waals surface area contributed by atoms with Crippen molar-refractivity contribution in [3.8, 4) is 0 Å². The molecule has 0 saturated carbocycles. The molecule has 2 aliphatic rings. The summed E-state index contributed by atoms with van der Waals surface area (Å²) in [5.41, 5.74) is 0. The molecule has 0 amide bonds. The molecule has 0 aliphatic carbocycles. The van der Waals surface area contributed by atoms with Gasteiger partial charge in [-0.2, -0.15) is 0 Å². The van der Waals surface area contributed by atoms with Gasteiger partial charge in [-0.3, -0.25) is 9.69 Å². The molecule has 2 rings (SSSR count). The van der Waals surface area contributed by atoms with Gasteiger partial charge in [-0.15, -0.1) is 0 Å². The fraction of sp³-hybridized carbons (Fsp3) is 0.909. The highest BCUT2D eigenvalue weighted by Gasteiger charge is 2.36. The van der Waals surface area contributed by atoms with Crippen LogP contribution in [-0.4, -0.2) is 62.7 Å². The third kappa shape index (κ3) is 2.49. The number of esters is 1. The quantitative estimate of drug-likeness (QED) is 0.605. The van der Waals surface area contributed by atoms with Crippen molar-refractivity contribution in [3.63, 3.8) is 0 Å². The van der Waals surface area contributed by atoms with E-state index in [-0.39, 0.29) is 5.97 Å². The Labute approximate surface area is 91.2 Å². The molecule has 15 heavy (non-hydrogen) atoms. The first kappa shape index (κ1) is 10.9. The van der Waals surface area contributed by atoms with E-state index in [0.29, 0.717) is 6.54 Å². The first-order chi connectivity index (χ1) is 7.19. The zero-order chi connectivity index (χ0) is 10.8. The van der Waals surface area contributed by atoms with Crippen LogP contribution in [0.4, 0.5) is 0 Å². The predicted octanol–water partition coefficient (Wildman–Crippen LogP) is 0.0429. The van der Waals surface area contributed by atoms with Crippen molar-refractivity contribution in [2.45, 2.75) is 6.42 Å². The van der Waals surface area contributed by atoms with Crippen molar-refractivity contribution < 1.29 is 9.53 Å². The van der Waals surface area contributed by atoms with Crippen molar-refractivity contribution in [2.24, 2.45) is 11.8 Å². The molecule has 2 heterocycles.